The molecule has 0 saturated heterocycles. The molecule has 8 heteroatoms. The van der Waals surface area contributed by atoms with E-state index in [1.807, 2.05) is 12.3 Å². The first kappa shape index (κ1) is 26.6. The van der Waals surface area contributed by atoms with Crippen molar-refractivity contribution in [1.29, 1.82) is 0 Å². The van der Waals surface area contributed by atoms with Crippen LogP contribution in [0, 0.1) is 0 Å². The molecule has 1 N–H and O–H groups in total. The van der Waals surface area contributed by atoms with Gasteiger partial charge in [-0.05, 0) is 43.6 Å². The van der Waals surface area contributed by atoms with Crippen molar-refractivity contribution in [2.45, 2.75) is 70.0 Å². The second-order valence-corrected chi connectivity index (χ2v) is 8.87. The maximum atomic E-state index is 12.9. The number of aliphatic imine (C=N–C) groups is 1. The molecule has 1 aromatic heterocycles. The van der Waals surface area contributed by atoms with Crippen LogP contribution in [0.3, 0.4) is 0 Å². The molecule has 1 atom stereocenters. The minimum Gasteiger partial charge on any atom is -0.498 e. The predicted octanol–water partition coefficient (Wildman–Crippen LogP) is 7.20. The number of allylic oxidation sites excluding steroid dienone is 7. The third-order valence-electron chi connectivity index (χ3n) is 6.27. The number of alkyl halides is 3. The number of imidazole rings is 1. The molecule has 1 fully saturated rings. The third-order valence-corrected chi connectivity index (χ3v) is 6.27. The summed E-state index contributed by atoms with van der Waals surface area (Å²) < 4.78 is 49.9. The summed E-state index contributed by atoms with van der Waals surface area (Å²) in [5.74, 6) is 2.45. The van der Waals surface area contributed by atoms with Crippen molar-refractivity contribution in [2.24, 2.45) is 4.99 Å². The van der Waals surface area contributed by atoms with Crippen LogP contribution in [0.25, 0.3) is 5.57 Å². The van der Waals surface area contributed by atoms with Crippen LogP contribution < -0.4 is 0 Å². The summed E-state index contributed by atoms with van der Waals surface area (Å²) >= 11 is 0. The molecule has 2 heterocycles. The number of nitrogens with one attached hydrogen (secondary N) is 1. The first-order valence-electron chi connectivity index (χ1n) is 12.1. The Kier molecular flexibility index (Phi) is 9.57. The van der Waals surface area contributed by atoms with Crippen LogP contribution in [0.15, 0.2) is 65.2 Å². The summed E-state index contributed by atoms with van der Waals surface area (Å²) in [5, 5.41) is 0. The van der Waals surface area contributed by atoms with Crippen LogP contribution in [0.1, 0.15) is 69.3 Å². The number of aromatic nitrogens is 2. The van der Waals surface area contributed by atoms with E-state index < -0.39 is 17.8 Å². The van der Waals surface area contributed by atoms with Gasteiger partial charge in [0.15, 0.2) is 5.76 Å². The van der Waals surface area contributed by atoms with E-state index in [-0.39, 0.29) is 6.61 Å². The van der Waals surface area contributed by atoms with E-state index in [0.717, 1.165) is 42.2 Å². The van der Waals surface area contributed by atoms with E-state index in [4.69, 9.17) is 9.47 Å². The van der Waals surface area contributed by atoms with Crippen molar-refractivity contribution in [2.75, 3.05) is 13.7 Å². The highest BCUT2D eigenvalue weighted by molar-refractivity contribution is 5.81. The molecule has 1 aliphatic carbocycles. The molecule has 3 rings (SSSR count). The number of hydrogen-bond acceptors (Lipinski definition) is 4. The zero-order valence-corrected chi connectivity index (χ0v) is 20.4. The van der Waals surface area contributed by atoms with Crippen molar-refractivity contribution >= 4 is 11.8 Å². The number of hydrogen-bond donors (Lipinski definition) is 1. The fourth-order valence-electron chi connectivity index (χ4n) is 4.07. The fraction of sp³-hybridized carbons (Fsp3) is 0.481. The zero-order chi connectivity index (χ0) is 25.3. The Bertz CT molecular complexity index is 1010. The number of halogens is 3. The van der Waals surface area contributed by atoms with Crippen LogP contribution in [-0.4, -0.2) is 42.1 Å². The minimum absolute atomic E-state index is 0.0642. The van der Waals surface area contributed by atoms with Crippen molar-refractivity contribution in [3.05, 3.63) is 71.8 Å². The van der Waals surface area contributed by atoms with E-state index in [1.165, 1.54) is 45.3 Å². The van der Waals surface area contributed by atoms with Crippen LogP contribution >= 0.6 is 0 Å². The van der Waals surface area contributed by atoms with Gasteiger partial charge in [0, 0.05) is 12.1 Å². The van der Waals surface area contributed by atoms with Gasteiger partial charge in [-0.15, -0.1) is 0 Å². The number of methoxy groups -OCH3 is 1. The van der Waals surface area contributed by atoms with Crippen molar-refractivity contribution in [3.63, 3.8) is 0 Å². The number of H-pyrrole nitrogens is 1. The number of ether oxygens (including phenoxy) is 2. The zero-order valence-electron chi connectivity index (χ0n) is 20.4. The molecule has 0 amide bonds. The third kappa shape index (κ3) is 8.01. The van der Waals surface area contributed by atoms with Gasteiger partial charge in [-0.1, -0.05) is 50.8 Å². The van der Waals surface area contributed by atoms with Gasteiger partial charge < -0.3 is 14.5 Å². The maximum Gasteiger partial charge on any atom is 0.417 e. The Morgan fingerprint density at radius 1 is 1.17 bits per heavy atom. The molecule has 35 heavy (non-hydrogen) atoms. The van der Waals surface area contributed by atoms with E-state index in [2.05, 4.69) is 21.5 Å². The summed E-state index contributed by atoms with van der Waals surface area (Å²) in [5.41, 5.74) is 0.787. The Balaban J connectivity index is 1.62. The summed E-state index contributed by atoms with van der Waals surface area (Å²) in [6.45, 7) is 5.96. The number of aromatic amines is 1. The van der Waals surface area contributed by atoms with E-state index >= 15 is 0 Å². The summed E-state index contributed by atoms with van der Waals surface area (Å²) in [7, 11) is 1.53. The lowest BCUT2D eigenvalue weighted by Crippen LogP contribution is -2.14. The van der Waals surface area contributed by atoms with Gasteiger partial charge in [0.25, 0.3) is 0 Å². The van der Waals surface area contributed by atoms with Gasteiger partial charge in [0.05, 0.1) is 24.6 Å². The van der Waals surface area contributed by atoms with Crippen LogP contribution in [-0.2, 0) is 9.47 Å². The maximum absolute atomic E-state index is 12.9. The van der Waals surface area contributed by atoms with Gasteiger partial charge in [-0.2, -0.15) is 13.2 Å². The Morgan fingerprint density at radius 2 is 1.89 bits per heavy atom. The highest BCUT2D eigenvalue weighted by Gasteiger charge is 2.32. The first-order valence-corrected chi connectivity index (χ1v) is 12.1. The lowest BCUT2D eigenvalue weighted by molar-refractivity contribution is -0.0855. The molecule has 0 aromatic carbocycles. The monoisotopic (exact) mass is 489 g/mol. The Hall–Kier alpha value is -3.03. The summed E-state index contributed by atoms with van der Waals surface area (Å²) in [4.78, 5) is 12.0. The molecule has 1 aliphatic heterocycles. The van der Waals surface area contributed by atoms with E-state index in [9.17, 15) is 13.2 Å². The smallest absolute Gasteiger partial charge is 0.417 e. The van der Waals surface area contributed by atoms with Crippen LogP contribution in [0.4, 0.5) is 13.2 Å². The molecule has 2 aliphatic rings. The molecular weight excluding hydrogens is 455 g/mol. The van der Waals surface area contributed by atoms with Crippen molar-refractivity contribution in [3.8, 4) is 0 Å². The molecule has 1 unspecified atom stereocenters. The highest BCUT2D eigenvalue weighted by atomic mass is 19.4. The molecule has 0 spiro atoms. The van der Waals surface area contributed by atoms with Gasteiger partial charge in [-0.25, -0.2) is 4.98 Å². The fourth-order valence-corrected chi connectivity index (χ4v) is 4.07. The van der Waals surface area contributed by atoms with Gasteiger partial charge >= 0.3 is 6.18 Å². The average molecular weight is 490 g/mol. The lowest BCUT2D eigenvalue weighted by Gasteiger charge is -2.17. The predicted molar refractivity (Wildman–Crippen MR) is 133 cm³/mol. The lowest BCUT2D eigenvalue weighted by atomic mass is 9.91. The molecule has 1 aromatic rings. The molecule has 0 bridgehead atoms. The quantitative estimate of drug-likeness (QED) is 0.310. The van der Waals surface area contributed by atoms with E-state index in [1.54, 1.807) is 19.1 Å². The average Bonchev–Trinajstić information content (AvgIpc) is 3.16. The van der Waals surface area contributed by atoms with Crippen molar-refractivity contribution < 1.29 is 22.6 Å². The molecule has 1 saturated carbocycles. The standard InChI is InChI=1S/C27H34F3N3O2/c1-19(24-17-32-26(33-24)21-10-7-5-4-6-8-11-21)14-15-25(20(2)34-3)35-18-23-13-9-12-22(16-31-23)27(28,29)30/h9,12-17,21,23H,1,4-8,10-11,18H2,2-3H3,(H,32,33)/b15-14-,25-20-. The molecule has 190 valence electrons. The second kappa shape index (κ2) is 12.6. The first-order chi connectivity index (χ1) is 16.8. The molecule has 0 radical (unpaired) electrons. The Morgan fingerprint density at radius 3 is 2.57 bits per heavy atom. The largest absolute Gasteiger partial charge is 0.498 e. The minimum atomic E-state index is -4.44. The van der Waals surface area contributed by atoms with Crippen molar-refractivity contribution in [1.82, 2.24) is 9.97 Å². The van der Waals surface area contributed by atoms with E-state index in [0.29, 0.717) is 17.4 Å². The molecule has 5 nitrogen and oxygen atoms in total. The van der Waals surface area contributed by atoms with Crippen LogP contribution in [0.5, 0.6) is 0 Å². The Labute approximate surface area is 205 Å². The van der Waals surface area contributed by atoms with Crippen LogP contribution in [0.2, 0.25) is 0 Å². The molecular formula is C27H34F3N3O2. The highest BCUT2D eigenvalue weighted by Crippen LogP contribution is 2.30. The topological polar surface area (TPSA) is 59.5 Å². The number of nitrogens with zero attached hydrogens (tertiary/aromatic N) is 2. The van der Waals surface area contributed by atoms with Gasteiger partial charge in [0.1, 0.15) is 24.2 Å². The van der Waals surface area contributed by atoms with Gasteiger partial charge in [0.2, 0.25) is 0 Å². The normalized spacial score (nSPS) is 20.6. The second-order valence-electron chi connectivity index (χ2n) is 8.87. The summed E-state index contributed by atoms with van der Waals surface area (Å²) in [6, 6.07) is -0.554. The van der Waals surface area contributed by atoms with Gasteiger partial charge in [-0.3, -0.25) is 4.99 Å². The number of rotatable bonds is 8. The SMILES string of the molecule is C=C(/C=C\C(OCC1C=CC=C(C(F)(F)F)C=N1)=C(/C)OC)c1cnc(C2CCCCCCC2)[nH]1. The summed E-state index contributed by atoms with van der Waals surface area (Å²) in [6.07, 6.45) is 14.3.